The minimum Gasteiger partial charge on any atom is -0.369 e. The Morgan fingerprint density at radius 3 is 2.35 bits per heavy atom. The van der Waals surface area contributed by atoms with E-state index in [0.717, 1.165) is 51.3 Å². The molecular weight excluding hydrogens is 292 g/mol. The second kappa shape index (κ2) is 8.53. The summed E-state index contributed by atoms with van der Waals surface area (Å²) in [5.74, 6) is -0.298. The van der Waals surface area contributed by atoms with Crippen molar-refractivity contribution in [2.75, 3.05) is 44.2 Å². The zero-order valence-electron chi connectivity index (χ0n) is 13.8. The fraction of sp³-hybridized carbons (Fsp3) is 0.529. The number of piperazine rings is 1. The SMILES string of the molecule is CCCCNC(=O)CN1CCN(c2ccc(C(N)=O)cc2)CC1. The van der Waals surface area contributed by atoms with E-state index in [4.69, 9.17) is 5.73 Å². The van der Waals surface area contributed by atoms with Crippen LogP contribution in [0.2, 0.25) is 0 Å². The van der Waals surface area contributed by atoms with Gasteiger partial charge >= 0.3 is 0 Å². The molecular formula is C17H26N4O2. The number of nitrogens with zero attached hydrogens (tertiary/aromatic N) is 2. The van der Waals surface area contributed by atoms with Crippen LogP contribution in [-0.4, -0.2) is 56.0 Å². The van der Waals surface area contributed by atoms with Crippen LogP contribution >= 0.6 is 0 Å². The first kappa shape index (κ1) is 17.3. The molecule has 6 nitrogen and oxygen atoms in total. The summed E-state index contributed by atoms with van der Waals surface area (Å²) in [7, 11) is 0. The van der Waals surface area contributed by atoms with Gasteiger partial charge in [0.25, 0.3) is 0 Å². The summed E-state index contributed by atoms with van der Waals surface area (Å²) in [6.07, 6.45) is 2.12. The number of nitrogens with one attached hydrogen (secondary N) is 1. The molecule has 0 bridgehead atoms. The number of amides is 2. The zero-order valence-corrected chi connectivity index (χ0v) is 13.8. The normalized spacial score (nSPS) is 15.4. The van der Waals surface area contributed by atoms with E-state index in [1.165, 1.54) is 0 Å². The van der Waals surface area contributed by atoms with Crippen LogP contribution in [0, 0.1) is 0 Å². The molecule has 3 N–H and O–H groups in total. The van der Waals surface area contributed by atoms with E-state index in [1.54, 1.807) is 12.1 Å². The molecule has 2 amide bonds. The summed E-state index contributed by atoms with van der Waals surface area (Å²) in [6, 6.07) is 7.36. The molecule has 1 fully saturated rings. The summed E-state index contributed by atoms with van der Waals surface area (Å²) >= 11 is 0. The standard InChI is InChI=1S/C17H26N4O2/c1-2-3-8-19-16(22)13-20-9-11-21(12-10-20)15-6-4-14(5-7-15)17(18)23/h4-7H,2-3,8-13H2,1H3,(H2,18,23)(H,19,22). The van der Waals surface area contributed by atoms with Crippen LogP contribution in [0.3, 0.4) is 0 Å². The van der Waals surface area contributed by atoms with Crippen LogP contribution in [0.5, 0.6) is 0 Å². The molecule has 0 saturated carbocycles. The molecule has 2 rings (SSSR count). The molecule has 1 saturated heterocycles. The Morgan fingerprint density at radius 2 is 1.78 bits per heavy atom. The Labute approximate surface area is 137 Å². The molecule has 6 heteroatoms. The highest BCUT2D eigenvalue weighted by Gasteiger charge is 2.19. The first-order chi connectivity index (χ1) is 11.1. The van der Waals surface area contributed by atoms with Gasteiger partial charge in [-0.3, -0.25) is 14.5 Å². The second-order valence-corrected chi connectivity index (χ2v) is 5.88. The van der Waals surface area contributed by atoms with Crippen molar-refractivity contribution in [3.8, 4) is 0 Å². The van der Waals surface area contributed by atoms with Gasteiger partial charge in [-0.2, -0.15) is 0 Å². The number of primary amides is 1. The summed E-state index contributed by atoms with van der Waals surface area (Å²) in [4.78, 5) is 27.4. The number of carbonyl (C=O) groups excluding carboxylic acids is 2. The van der Waals surface area contributed by atoms with E-state index in [0.29, 0.717) is 12.1 Å². The van der Waals surface area contributed by atoms with Crippen LogP contribution in [-0.2, 0) is 4.79 Å². The highest BCUT2D eigenvalue weighted by molar-refractivity contribution is 5.93. The van der Waals surface area contributed by atoms with Crippen molar-refractivity contribution in [2.45, 2.75) is 19.8 Å². The van der Waals surface area contributed by atoms with Gasteiger partial charge in [-0.1, -0.05) is 13.3 Å². The van der Waals surface area contributed by atoms with Gasteiger partial charge in [0.05, 0.1) is 6.54 Å². The molecule has 1 aliphatic heterocycles. The monoisotopic (exact) mass is 318 g/mol. The van der Waals surface area contributed by atoms with Crippen molar-refractivity contribution < 1.29 is 9.59 Å². The Morgan fingerprint density at radius 1 is 1.13 bits per heavy atom. The average molecular weight is 318 g/mol. The van der Waals surface area contributed by atoms with Gasteiger partial charge in [-0.15, -0.1) is 0 Å². The van der Waals surface area contributed by atoms with Crippen LogP contribution in [0.4, 0.5) is 5.69 Å². The lowest BCUT2D eigenvalue weighted by atomic mass is 10.1. The van der Waals surface area contributed by atoms with Gasteiger partial charge in [0.15, 0.2) is 0 Å². The Bertz CT molecular complexity index is 522. The van der Waals surface area contributed by atoms with Gasteiger partial charge < -0.3 is 16.0 Å². The van der Waals surface area contributed by atoms with Crippen LogP contribution < -0.4 is 16.0 Å². The summed E-state index contributed by atoms with van der Waals surface area (Å²) < 4.78 is 0. The molecule has 0 aliphatic carbocycles. The van der Waals surface area contributed by atoms with Crippen LogP contribution in [0.15, 0.2) is 24.3 Å². The Kier molecular flexibility index (Phi) is 6.40. The summed E-state index contributed by atoms with van der Waals surface area (Å²) in [5.41, 5.74) is 6.86. The first-order valence-electron chi connectivity index (χ1n) is 8.24. The molecule has 1 aliphatic rings. The fourth-order valence-electron chi connectivity index (χ4n) is 2.66. The Hall–Kier alpha value is -2.08. The van der Waals surface area contributed by atoms with Crippen molar-refractivity contribution in [2.24, 2.45) is 5.73 Å². The van der Waals surface area contributed by atoms with Gasteiger partial charge in [-0.05, 0) is 30.7 Å². The highest BCUT2D eigenvalue weighted by atomic mass is 16.2. The van der Waals surface area contributed by atoms with E-state index < -0.39 is 5.91 Å². The van der Waals surface area contributed by atoms with Crippen molar-refractivity contribution in [1.29, 1.82) is 0 Å². The molecule has 1 aromatic rings. The minimum atomic E-state index is -0.407. The third kappa shape index (κ3) is 5.25. The number of benzene rings is 1. The predicted molar refractivity (Wildman–Crippen MR) is 91.5 cm³/mol. The molecule has 126 valence electrons. The summed E-state index contributed by atoms with van der Waals surface area (Å²) in [6.45, 7) is 6.81. The van der Waals surface area contributed by atoms with Crippen LogP contribution in [0.25, 0.3) is 0 Å². The number of hydrogen-bond donors (Lipinski definition) is 2. The number of unbranched alkanes of at least 4 members (excludes halogenated alkanes) is 1. The van der Waals surface area contributed by atoms with Gasteiger partial charge in [0.2, 0.25) is 11.8 Å². The number of nitrogens with two attached hydrogens (primary N) is 1. The van der Waals surface area contributed by atoms with Crippen molar-refractivity contribution >= 4 is 17.5 Å². The largest absolute Gasteiger partial charge is 0.369 e. The maximum absolute atomic E-state index is 11.8. The maximum Gasteiger partial charge on any atom is 0.248 e. The quantitative estimate of drug-likeness (QED) is 0.730. The van der Waals surface area contributed by atoms with Gasteiger partial charge in [0, 0.05) is 44.0 Å². The smallest absolute Gasteiger partial charge is 0.248 e. The lowest BCUT2D eigenvalue weighted by Crippen LogP contribution is -2.49. The predicted octanol–water partition coefficient (Wildman–Crippen LogP) is 0.824. The van der Waals surface area contributed by atoms with Gasteiger partial charge in [0.1, 0.15) is 0 Å². The Balaban J connectivity index is 1.77. The molecule has 0 spiro atoms. The van der Waals surface area contributed by atoms with E-state index >= 15 is 0 Å². The van der Waals surface area contributed by atoms with Crippen molar-refractivity contribution in [3.05, 3.63) is 29.8 Å². The highest BCUT2D eigenvalue weighted by Crippen LogP contribution is 2.17. The first-order valence-corrected chi connectivity index (χ1v) is 8.24. The van der Waals surface area contributed by atoms with E-state index in [-0.39, 0.29) is 5.91 Å². The number of anilines is 1. The third-order valence-corrected chi connectivity index (χ3v) is 4.11. The molecule has 0 unspecified atom stereocenters. The van der Waals surface area contributed by atoms with E-state index in [1.807, 2.05) is 12.1 Å². The van der Waals surface area contributed by atoms with Crippen LogP contribution in [0.1, 0.15) is 30.1 Å². The topological polar surface area (TPSA) is 78.7 Å². The zero-order chi connectivity index (χ0) is 16.7. The van der Waals surface area contributed by atoms with E-state index in [9.17, 15) is 9.59 Å². The number of rotatable bonds is 7. The molecule has 0 atom stereocenters. The lowest BCUT2D eigenvalue weighted by molar-refractivity contribution is -0.122. The number of carbonyl (C=O) groups is 2. The molecule has 0 aromatic heterocycles. The van der Waals surface area contributed by atoms with E-state index in [2.05, 4.69) is 22.0 Å². The van der Waals surface area contributed by atoms with Crippen molar-refractivity contribution in [3.63, 3.8) is 0 Å². The third-order valence-electron chi connectivity index (χ3n) is 4.11. The van der Waals surface area contributed by atoms with Gasteiger partial charge in [-0.25, -0.2) is 0 Å². The summed E-state index contributed by atoms with van der Waals surface area (Å²) in [5, 5.41) is 2.95. The second-order valence-electron chi connectivity index (χ2n) is 5.88. The molecule has 1 aromatic carbocycles. The number of hydrogen-bond acceptors (Lipinski definition) is 4. The minimum absolute atomic E-state index is 0.109. The fourth-order valence-corrected chi connectivity index (χ4v) is 2.66. The lowest BCUT2D eigenvalue weighted by Gasteiger charge is -2.35. The molecule has 1 heterocycles. The van der Waals surface area contributed by atoms with Crippen molar-refractivity contribution in [1.82, 2.24) is 10.2 Å². The average Bonchev–Trinajstić information content (AvgIpc) is 2.56. The maximum atomic E-state index is 11.8. The molecule has 23 heavy (non-hydrogen) atoms. The molecule has 0 radical (unpaired) electrons.